The molecule has 2 N–H and O–H groups in total. The Balaban J connectivity index is 1.72. The number of hydrogen-bond acceptors (Lipinski definition) is 8. The molecule has 2 aromatic carbocycles. The zero-order valence-electron chi connectivity index (χ0n) is 22.1. The van der Waals surface area contributed by atoms with Crippen LogP contribution in [-0.4, -0.2) is 71.7 Å². The van der Waals surface area contributed by atoms with Gasteiger partial charge in [-0.1, -0.05) is 18.2 Å². The maximum atomic E-state index is 12.2. The third-order valence-electron chi connectivity index (χ3n) is 6.07. The van der Waals surface area contributed by atoms with Crippen molar-refractivity contribution in [2.75, 3.05) is 56.9 Å². The minimum atomic E-state index is -0.319. The Labute approximate surface area is 226 Å². The first-order valence-corrected chi connectivity index (χ1v) is 12.3. The fourth-order valence-electron chi connectivity index (χ4n) is 4.06. The average molecular weight is 535 g/mol. The summed E-state index contributed by atoms with van der Waals surface area (Å²) in [5.41, 5.74) is 3.82. The summed E-state index contributed by atoms with van der Waals surface area (Å²) in [6, 6.07) is 9.37. The van der Waals surface area contributed by atoms with E-state index in [-0.39, 0.29) is 5.91 Å². The zero-order chi connectivity index (χ0) is 27.4. The number of fused-ring (bicyclic) bond motifs is 1. The topological polar surface area (TPSA) is 100 Å². The average Bonchev–Trinajstić information content (AvgIpc) is 3.22. The highest BCUT2D eigenvalue weighted by atomic mass is 35.5. The Hall–Kier alpha value is -4.15. The van der Waals surface area contributed by atoms with Gasteiger partial charge in [0.2, 0.25) is 11.9 Å². The molecule has 4 aromatic rings. The summed E-state index contributed by atoms with van der Waals surface area (Å²) in [6.45, 7) is 5.15. The quantitative estimate of drug-likeness (QED) is 0.286. The van der Waals surface area contributed by atoms with Crippen molar-refractivity contribution >= 4 is 51.4 Å². The number of likely N-dealkylation sites (N-methyl/N-ethyl adjacent to an activating group) is 2. The van der Waals surface area contributed by atoms with Gasteiger partial charge in [-0.2, -0.15) is 4.98 Å². The lowest BCUT2D eigenvalue weighted by molar-refractivity contribution is -0.111. The number of carbonyl (C=O) groups is 1. The van der Waals surface area contributed by atoms with Crippen LogP contribution in [0.3, 0.4) is 0 Å². The minimum Gasteiger partial charge on any atom is -0.494 e. The predicted molar refractivity (Wildman–Crippen MR) is 154 cm³/mol. The first-order chi connectivity index (χ1) is 18.2. The third-order valence-corrected chi connectivity index (χ3v) is 6.30. The van der Waals surface area contributed by atoms with Gasteiger partial charge in [0.1, 0.15) is 12.1 Å². The minimum absolute atomic E-state index is 0.319. The van der Waals surface area contributed by atoms with E-state index in [0.29, 0.717) is 33.9 Å². The van der Waals surface area contributed by atoms with Crippen LogP contribution in [0.1, 0.15) is 0 Å². The number of aromatic nitrogens is 4. The van der Waals surface area contributed by atoms with Crippen molar-refractivity contribution < 1.29 is 9.53 Å². The standard InChI is InChI=1S/C27H31ClN8O2/c1-7-25(37)31-20-13-21(24(38-6)14-23(20)35(4)11-10-34(2)3)32-27-30-16-29-26(33-27)19-15-36(5)22-9-8-17(28)12-18(19)22/h7-9,12-16H,1,10-11H2,2-6H3,(H,31,37)(H,29,30,32,33). The Morgan fingerprint density at radius 3 is 2.66 bits per heavy atom. The normalized spacial score (nSPS) is 11.0. The van der Waals surface area contributed by atoms with Gasteiger partial charge in [-0.05, 0) is 44.4 Å². The van der Waals surface area contributed by atoms with Crippen molar-refractivity contribution in [2.45, 2.75) is 0 Å². The van der Waals surface area contributed by atoms with E-state index >= 15 is 0 Å². The van der Waals surface area contributed by atoms with Crippen molar-refractivity contribution in [1.82, 2.24) is 24.4 Å². The molecule has 0 aliphatic carbocycles. The van der Waals surface area contributed by atoms with Crippen molar-refractivity contribution in [2.24, 2.45) is 7.05 Å². The number of methoxy groups -OCH3 is 1. The van der Waals surface area contributed by atoms with Crippen LogP contribution in [-0.2, 0) is 11.8 Å². The molecule has 4 rings (SSSR count). The largest absolute Gasteiger partial charge is 0.494 e. The molecule has 198 valence electrons. The van der Waals surface area contributed by atoms with Crippen molar-refractivity contribution in [3.05, 3.63) is 60.5 Å². The van der Waals surface area contributed by atoms with Gasteiger partial charge in [-0.15, -0.1) is 0 Å². The molecule has 0 bridgehead atoms. The molecule has 11 heteroatoms. The summed E-state index contributed by atoms with van der Waals surface area (Å²) in [7, 11) is 9.53. The predicted octanol–water partition coefficient (Wildman–Crippen LogP) is 4.56. The number of amides is 1. The molecule has 2 heterocycles. The maximum Gasteiger partial charge on any atom is 0.247 e. The van der Waals surface area contributed by atoms with Crippen LogP contribution < -0.4 is 20.3 Å². The van der Waals surface area contributed by atoms with E-state index in [1.54, 1.807) is 13.2 Å². The molecule has 1 amide bonds. The Morgan fingerprint density at radius 2 is 1.95 bits per heavy atom. The monoisotopic (exact) mass is 534 g/mol. The molecule has 38 heavy (non-hydrogen) atoms. The highest BCUT2D eigenvalue weighted by Crippen LogP contribution is 2.38. The van der Waals surface area contributed by atoms with Gasteiger partial charge >= 0.3 is 0 Å². The second-order valence-corrected chi connectivity index (χ2v) is 9.50. The Morgan fingerprint density at radius 1 is 1.16 bits per heavy atom. The number of carbonyl (C=O) groups excluding carboxylic acids is 1. The Kier molecular flexibility index (Phi) is 8.13. The summed E-state index contributed by atoms with van der Waals surface area (Å²) in [6.07, 6.45) is 4.64. The number of ether oxygens (including phenoxy) is 1. The van der Waals surface area contributed by atoms with E-state index < -0.39 is 0 Å². The maximum absolute atomic E-state index is 12.2. The number of halogens is 1. The van der Waals surface area contributed by atoms with Gasteiger partial charge in [-0.25, -0.2) is 9.97 Å². The number of anilines is 4. The number of nitrogens with one attached hydrogen (secondary N) is 2. The van der Waals surface area contributed by atoms with Gasteiger partial charge in [0.15, 0.2) is 5.82 Å². The van der Waals surface area contributed by atoms with Crippen molar-refractivity contribution in [3.8, 4) is 17.1 Å². The van der Waals surface area contributed by atoms with E-state index in [0.717, 1.165) is 35.2 Å². The molecule has 10 nitrogen and oxygen atoms in total. The van der Waals surface area contributed by atoms with E-state index in [4.69, 9.17) is 16.3 Å². The zero-order valence-corrected chi connectivity index (χ0v) is 22.9. The molecular weight excluding hydrogens is 504 g/mol. The van der Waals surface area contributed by atoms with Gasteiger partial charge in [-0.3, -0.25) is 4.79 Å². The fourth-order valence-corrected chi connectivity index (χ4v) is 4.23. The fraction of sp³-hybridized carbons (Fsp3) is 0.259. The van der Waals surface area contributed by atoms with Gasteiger partial charge < -0.3 is 29.7 Å². The molecule has 0 unspecified atom stereocenters. The number of rotatable bonds is 10. The molecule has 0 fully saturated rings. The number of aryl methyl sites for hydroxylation is 1. The van der Waals surface area contributed by atoms with E-state index in [1.165, 1.54) is 12.4 Å². The molecule has 0 spiro atoms. The smallest absolute Gasteiger partial charge is 0.247 e. The summed E-state index contributed by atoms with van der Waals surface area (Å²) >= 11 is 6.26. The first-order valence-electron chi connectivity index (χ1n) is 11.9. The lowest BCUT2D eigenvalue weighted by Crippen LogP contribution is -2.29. The lowest BCUT2D eigenvalue weighted by atomic mass is 10.1. The molecule has 0 atom stereocenters. The molecule has 0 aliphatic heterocycles. The molecule has 0 saturated heterocycles. The summed E-state index contributed by atoms with van der Waals surface area (Å²) in [5, 5.41) is 7.69. The van der Waals surface area contributed by atoms with E-state index in [9.17, 15) is 4.79 Å². The van der Waals surface area contributed by atoms with Crippen LogP contribution >= 0.6 is 11.6 Å². The highest BCUT2D eigenvalue weighted by Gasteiger charge is 2.18. The van der Waals surface area contributed by atoms with E-state index in [2.05, 4.69) is 42.0 Å². The van der Waals surface area contributed by atoms with Crippen LogP contribution in [0.2, 0.25) is 5.02 Å². The SMILES string of the molecule is C=CC(=O)Nc1cc(Nc2ncnc(-c3cn(C)c4ccc(Cl)cc34)n2)c(OC)cc1N(C)CCN(C)C. The first kappa shape index (κ1) is 26.9. The summed E-state index contributed by atoms with van der Waals surface area (Å²) in [5.74, 6) is 1.06. The van der Waals surface area contributed by atoms with Crippen molar-refractivity contribution in [3.63, 3.8) is 0 Å². The molecular formula is C27H31ClN8O2. The van der Waals surface area contributed by atoms with Crippen LogP contribution in [0.15, 0.2) is 55.5 Å². The molecule has 2 aromatic heterocycles. The van der Waals surface area contributed by atoms with Crippen LogP contribution in [0.5, 0.6) is 5.75 Å². The second kappa shape index (κ2) is 11.5. The molecule has 0 saturated carbocycles. The highest BCUT2D eigenvalue weighted by molar-refractivity contribution is 6.31. The molecule has 0 aliphatic rings. The van der Waals surface area contributed by atoms with Gasteiger partial charge in [0.05, 0.1) is 24.2 Å². The molecule has 0 radical (unpaired) electrons. The summed E-state index contributed by atoms with van der Waals surface area (Å²) in [4.78, 5) is 29.7. The lowest BCUT2D eigenvalue weighted by Gasteiger charge is -2.25. The second-order valence-electron chi connectivity index (χ2n) is 9.06. The van der Waals surface area contributed by atoms with Crippen molar-refractivity contribution in [1.29, 1.82) is 0 Å². The van der Waals surface area contributed by atoms with Gasteiger partial charge in [0.25, 0.3) is 0 Å². The van der Waals surface area contributed by atoms with Crippen LogP contribution in [0.4, 0.5) is 23.0 Å². The number of nitrogens with zero attached hydrogens (tertiary/aromatic N) is 6. The third kappa shape index (κ3) is 5.87. The number of hydrogen-bond donors (Lipinski definition) is 2. The van der Waals surface area contributed by atoms with Crippen LogP contribution in [0, 0.1) is 0 Å². The number of benzene rings is 2. The Bertz CT molecular complexity index is 1480. The van der Waals surface area contributed by atoms with Crippen LogP contribution in [0.25, 0.3) is 22.3 Å². The van der Waals surface area contributed by atoms with E-state index in [1.807, 2.05) is 63.2 Å². The summed E-state index contributed by atoms with van der Waals surface area (Å²) < 4.78 is 7.69. The van der Waals surface area contributed by atoms with Gasteiger partial charge in [0, 0.05) is 60.9 Å².